The van der Waals surface area contributed by atoms with Gasteiger partial charge in [0.1, 0.15) is 11.6 Å². The Labute approximate surface area is 117 Å². The third-order valence-corrected chi connectivity index (χ3v) is 3.19. The minimum atomic E-state index is -0.575. The average molecular weight is 276 g/mol. The van der Waals surface area contributed by atoms with Crippen LogP contribution in [-0.4, -0.2) is 14.1 Å². The van der Waals surface area contributed by atoms with E-state index in [9.17, 15) is 8.78 Å². The smallest absolute Gasteiger partial charge is 0.126 e. The van der Waals surface area contributed by atoms with E-state index < -0.39 is 11.6 Å². The molecule has 0 bridgehead atoms. The van der Waals surface area contributed by atoms with Gasteiger partial charge in [-0.05, 0) is 41.8 Å². The van der Waals surface area contributed by atoms with E-state index >= 15 is 0 Å². The summed E-state index contributed by atoms with van der Waals surface area (Å²) in [6.07, 6.45) is 0.394. The van der Waals surface area contributed by atoms with Crippen molar-refractivity contribution in [2.24, 2.45) is 5.73 Å². The van der Waals surface area contributed by atoms with Crippen molar-refractivity contribution in [2.75, 3.05) is 19.0 Å². The molecule has 0 spiro atoms. The third kappa shape index (κ3) is 3.54. The van der Waals surface area contributed by atoms with E-state index in [4.69, 9.17) is 5.73 Å². The molecule has 0 aliphatic carbocycles. The Morgan fingerprint density at radius 2 is 1.70 bits per heavy atom. The van der Waals surface area contributed by atoms with Gasteiger partial charge in [-0.2, -0.15) is 0 Å². The van der Waals surface area contributed by atoms with Crippen LogP contribution in [0.4, 0.5) is 14.5 Å². The first-order valence-electron chi connectivity index (χ1n) is 6.43. The van der Waals surface area contributed by atoms with E-state index in [1.54, 1.807) is 0 Å². The average Bonchev–Trinajstić information content (AvgIpc) is 2.37. The fourth-order valence-corrected chi connectivity index (χ4v) is 2.13. The van der Waals surface area contributed by atoms with Crippen molar-refractivity contribution < 1.29 is 8.78 Å². The van der Waals surface area contributed by atoms with E-state index in [0.29, 0.717) is 12.0 Å². The van der Waals surface area contributed by atoms with Gasteiger partial charge >= 0.3 is 0 Å². The Bertz CT molecular complexity index is 577. The Morgan fingerprint density at radius 3 is 2.30 bits per heavy atom. The Hall–Kier alpha value is -1.94. The van der Waals surface area contributed by atoms with Gasteiger partial charge < -0.3 is 10.6 Å². The summed E-state index contributed by atoms with van der Waals surface area (Å²) in [6.45, 7) is 0. The molecule has 20 heavy (non-hydrogen) atoms. The van der Waals surface area contributed by atoms with Crippen molar-refractivity contribution in [1.29, 1.82) is 0 Å². The van der Waals surface area contributed by atoms with Gasteiger partial charge in [-0.1, -0.05) is 12.1 Å². The van der Waals surface area contributed by atoms with E-state index in [1.807, 2.05) is 43.3 Å². The number of anilines is 1. The summed E-state index contributed by atoms with van der Waals surface area (Å²) in [5, 5.41) is 0. The van der Waals surface area contributed by atoms with E-state index in [1.165, 1.54) is 12.1 Å². The molecule has 1 unspecified atom stereocenters. The van der Waals surface area contributed by atoms with Crippen LogP contribution in [0.3, 0.4) is 0 Å². The second-order valence-electron chi connectivity index (χ2n) is 5.08. The highest BCUT2D eigenvalue weighted by Gasteiger charge is 2.10. The molecule has 2 nitrogen and oxygen atoms in total. The Balaban J connectivity index is 2.19. The standard InChI is InChI=1S/C16H18F2N2/c1-20(2)15-5-3-4-12(9-15)16(19)8-11-6-13(17)10-14(18)7-11/h3-7,9-10,16H,8,19H2,1-2H3. The van der Waals surface area contributed by atoms with Crippen molar-refractivity contribution in [3.8, 4) is 0 Å². The summed E-state index contributed by atoms with van der Waals surface area (Å²) in [4.78, 5) is 1.98. The molecule has 0 amide bonds. The number of hydrogen-bond acceptors (Lipinski definition) is 2. The maximum absolute atomic E-state index is 13.2. The zero-order valence-corrected chi connectivity index (χ0v) is 11.6. The number of halogens is 2. The third-order valence-electron chi connectivity index (χ3n) is 3.19. The molecule has 2 aromatic rings. The fraction of sp³-hybridized carbons (Fsp3) is 0.250. The van der Waals surface area contributed by atoms with Crippen molar-refractivity contribution in [3.05, 3.63) is 65.2 Å². The van der Waals surface area contributed by atoms with Gasteiger partial charge in [0.15, 0.2) is 0 Å². The number of nitrogens with two attached hydrogens (primary N) is 1. The monoisotopic (exact) mass is 276 g/mol. The molecule has 2 rings (SSSR count). The van der Waals surface area contributed by atoms with Gasteiger partial charge in [-0.25, -0.2) is 8.78 Å². The van der Waals surface area contributed by atoms with Crippen molar-refractivity contribution >= 4 is 5.69 Å². The van der Waals surface area contributed by atoms with Crippen molar-refractivity contribution in [2.45, 2.75) is 12.5 Å². The van der Waals surface area contributed by atoms with Crippen LogP contribution >= 0.6 is 0 Å². The van der Waals surface area contributed by atoms with Crippen LogP contribution in [0.1, 0.15) is 17.2 Å². The van der Waals surface area contributed by atoms with Crippen LogP contribution in [0.2, 0.25) is 0 Å². The van der Waals surface area contributed by atoms with Gasteiger partial charge in [0, 0.05) is 31.9 Å². The Morgan fingerprint density at radius 1 is 1.05 bits per heavy atom. The highest BCUT2D eigenvalue weighted by Crippen LogP contribution is 2.21. The predicted molar refractivity (Wildman–Crippen MR) is 77.8 cm³/mol. The topological polar surface area (TPSA) is 29.3 Å². The van der Waals surface area contributed by atoms with E-state index in [-0.39, 0.29) is 6.04 Å². The molecule has 2 aromatic carbocycles. The second-order valence-corrected chi connectivity index (χ2v) is 5.08. The van der Waals surface area contributed by atoms with Gasteiger partial charge in [0.2, 0.25) is 0 Å². The van der Waals surface area contributed by atoms with Crippen LogP contribution in [0.15, 0.2) is 42.5 Å². The highest BCUT2D eigenvalue weighted by atomic mass is 19.1. The summed E-state index contributed by atoms with van der Waals surface area (Å²) >= 11 is 0. The summed E-state index contributed by atoms with van der Waals surface area (Å²) in [7, 11) is 3.90. The van der Waals surface area contributed by atoms with Crippen LogP contribution in [-0.2, 0) is 6.42 Å². The first kappa shape index (κ1) is 14.5. The largest absolute Gasteiger partial charge is 0.378 e. The lowest BCUT2D eigenvalue weighted by Gasteiger charge is -2.17. The number of nitrogens with zero attached hydrogens (tertiary/aromatic N) is 1. The Kier molecular flexibility index (Phi) is 4.35. The van der Waals surface area contributed by atoms with Crippen molar-refractivity contribution in [1.82, 2.24) is 0 Å². The molecule has 0 aliphatic heterocycles. The molecule has 2 N–H and O–H groups in total. The maximum Gasteiger partial charge on any atom is 0.126 e. The molecule has 1 atom stereocenters. The number of hydrogen-bond donors (Lipinski definition) is 1. The van der Waals surface area contributed by atoms with E-state index in [0.717, 1.165) is 17.3 Å². The zero-order chi connectivity index (χ0) is 14.7. The lowest BCUT2D eigenvalue weighted by atomic mass is 9.99. The zero-order valence-electron chi connectivity index (χ0n) is 11.6. The SMILES string of the molecule is CN(C)c1cccc(C(N)Cc2cc(F)cc(F)c2)c1. The first-order chi connectivity index (χ1) is 9.45. The van der Waals surface area contributed by atoms with Gasteiger partial charge in [0.05, 0.1) is 0 Å². The summed E-state index contributed by atoms with van der Waals surface area (Å²) in [5.41, 5.74) is 8.68. The molecule has 0 saturated carbocycles. The number of benzene rings is 2. The minimum Gasteiger partial charge on any atom is -0.378 e. The molecule has 0 heterocycles. The van der Waals surface area contributed by atoms with E-state index in [2.05, 4.69) is 0 Å². The first-order valence-corrected chi connectivity index (χ1v) is 6.43. The quantitative estimate of drug-likeness (QED) is 0.928. The molecule has 0 radical (unpaired) electrons. The maximum atomic E-state index is 13.2. The van der Waals surface area contributed by atoms with Gasteiger partial charge in [-0.15, -0.1) is 0 Å². The molecular formula is C16H18F2N2. The molecule has 0 aromatic heterocycles. The van der Waals surface area contributed by atoms with Crippen molar-refractivity contribution in [3.63, 3.8) is 0 Å². The van der Waals surface area contributed by atoms with Crippen LogP contribution in [0.25, 0.3) is 0 Å². The summed E-state index contributed by atoms with van der Waals surface area (Å²) in [5.74, 6) is -1.15. The molecule has 4 heteroatoms. The predicted octanol–water partition coefficient (Wildman–Crippen LogP) is 3.27. The lowest BCUT2D eigenvalue weighted by molar-refractivity contribution is 0.576. The molecule has 0 aliphatic rings. The molecular weight excluding hydrogens is 258 g/mol. The van der Waals surface area contributed by atoms with Crippen LogP contribution in [0, 0.1) is 11.6 Å². The molecule has 106 valence electrons. The second kappa shape index (κ2) is 6.01. The van der Waals surface area contributed by atoms with Crippen LogP contribution in [0.5, 0.6) is 0 Å². The summed E-state index contributed by atoms with van der Waals surface area (Å²) < 4.78 is 26.3. The fourth-order valence-electron chi connectivity index (χ4n) is 2.13. The molecule has 0 saturated heterocycles. The van der Waals surface area contributed by atoms with Gasteiger partial charge in [-0.3, -0.25) is 0 Å². The highest BCUT2D eigenvalue weighted by molar-refractivity contribution is 5.48. The molecule has 0 fully saturated rings. The lowest BCUT2D eigenvalue weighted by Crippen LogP contribution is -2.15. The van der Waals surface area contributed by atoms with Gasteiger partial charge in [0.25, 0.3) is 0 Å². The number of rotatable bonds is 4. The summed E-state index contributed by atoms with van der Waals surface area (Å²) in [6, 6.07) is 11.0. The van der Waals surface area contributed by atoms with Crippen LogP contribution < -0.4 is 10.6 Å². The normalized spacial score (nSPS) is 12.2. The minimum absolute atomic E-state index is 0.295.